The lowest BCUT2D eigenvalue weighted by atomic mass is 9.78. The van der Waals surface area contributed by atoms with E-state index in [9.17, 15) is 14.4 Å². The van der Waals surface area contributed by atoms with Crippen molar-refractivity contribution in [2.45, 2.75) is 70.3 Å². The predicted octanol–water partition coefficient (Wildman–Crippen LogP) is 2.64. The molecule has 1 N–H and O–H groups in total. The van der Waals surface area contributed by atoms with E-state index in [1.54, 1.807) is 18.0 Å². The topological polar surface area (TPSA) is 88.6 Å². The molecule has 1 aromatic heterocycles. The van der Waals surface area contributed by atoms with E-state index in [1.165, 1.54) is 0 Å². The van der Waals surface area contributed by atoms with Gasteiger partial charge < -0.3 is 15.0 Å². The van der Waals surface area contributed by atoms with E-state index in [4.69, 9.17) is 4.74 Å². The van der Waals surface area contributed by atoms with E-state index < -0.39 is 5.54 Å². The Morgan fingerprint density at radius 2 is 2.07 bits per heavy atom. The Morgan fingerprint density at radius 1 is 1.27 bits per heavy atom. The summed E-state index contributed by atoms with van der Waals surface area (Å²) in [5.74, 6) is -0.451. The van der Waals surface area contributed by atoms with E-state index in [0.717, 1.165) is 37.8 Å². The summed E-state index contributed by atoms with van der Waals surface area (Å²) in [6.07, 6.45) is 8.30. The van der Waals surface area contributed by atoms with Crippen molar-refractivity contribution in [3.05, 3.63) is 30.1 Å². The number of nitrogens with one attached hydrogen (secondary N) is 1. The van der Waals surface area contributed by atoms with Crippen LogP contribution in [0, 0.1) is 5.92 Å². The minimum atomic E-state index is -0.512. The second-order valence-electron chi connectivity index (χ2n) is 8.46. The molecule has 0 bridgehead atoms. The number of amides is 2. The summed E-state index contributed by atoms with van der Waals surface area (Å²) < 4.78 is 5.15. The summed E-state index contributed by atoms with van der Waals surface area (Å²) in [6.45, 7) is 3.13. The molecule has 164 valence electrons. The number of aromatic nitrogens is 1. The van der Waals surface area contributed by atoms with Crippen molar-refractivity contribution in [3.63, 3.8) is 0 Å². The number of rotatable bonds is 8. The van der Waals surface area contributed by atoms with Gasteiger partial charge in [-0.3, -0.25) is 19.4 Å². The quantitative estimate of drug-likeness (QED) is 0.660. The third kappa shape index (κ3) is 6.03. The van der Waals surface area contributed by atoms with Crippen LogP contribution >= 0.6 is 0 Å². The Bertz CT molecular complexity index is 731. The fraction of sp³-hybridized carbons (Fsp3) is 0.652. The first-order chi connectivity index (χ1) is 14.5. The van der Waals surface area contributed by atoms with Gasteiger partial charge in [-0.15, -0.1) is 0 Å². The minimum absolute atomic E-state index is 0.0449. The number of likely N-dealkylation sites (tertiary alicyclic amines) is 1. The van der Waals surface area contributed by atoms with Crippen molar-refractivity contribution in [2.24, 2.45) is 5.92 Å². The SMILES string of the molecule is CCOC(=O)CC1(NC(=O)[C@@H]2CCC(=O)N(CCc3ccccn3)C2)CCCCC1. The van der Waals surface area contributed by atoms with Gasteiger partial charge in [-0.2, -0.15) is 0 Å². The Labute approximate surface area is 178 Å². The Morgan fingerprint density at radius 3 is 2.77 bits per heavy atom. The van der Waals surface area contributed by atoms with Crippen molar-refractivity contribution in [3.8, 4) is 0 Å². The Kier molecular flexibility index (Phi) is 7.82. The first kappa shape index (κ1) is 22.2. The van der Waals surface area contributed by atoms with Gasteiger partial charge in [-0.1, -0.05) is 25.3 Å². The second kappa shape index (κ2) is 10.5. The molecular formula is C23H33N3O4. The van der Waals surface area contributed by atoms with Crippen LogP contribution in [0.1, 0.15) is 64.0 Å². The van der Waals surface area contributed by atoms with Crippen LogP contribution in [-0.4, -0.2) is 52.9 Å². The lowest BCUT2D eigenvalue weighted by Gasteiger charge is -2.40. The van der Waals surface area contributed by atoms with E-state index in [0.29, 0.717) is 39.0 Å². The number of piperidine rings is 1. The summed E-state index contributed by atoms with van der Waals surface area (Å²) in [6, 6.07) is 5.75. The molecule has 7 nitrogen and oxygen atoms in total. The molecule has 2 aliphatic rings. The van der Waals surface area contributed by atoms with Crippen LogP contribution in [0.5, 0.6) is 0 Å². The summed E-state index contributed by atoms with van der Waals surface area (Å²) in [5, 5.41) is 3.21. The van der Waals surface area contributed by atoms with Gasteiger partial charge in [0.2, 0.25) is 11.8 Å². The van der Waals surface area contributed by atoms with Crippen LogP contribution in [0.2, 0.25) is 0 Å². The molecule has 7 heteroatoms. The van der Waals surface area contributed by atoms with E-state index in [-0.39, 0.29) is 30.1 Å². The molecule has 1 aliphatic heterocycles. The maximum absolute atomic E-state index is 13.1. The smallest absolute Gasteiger partial charge is 0.308 e. The van der Waals surface area contributed by atoms with Gasteiger partial charge >= 0.3 is 5.97 Å². The molecule has 2 fully saturated rings. The van der Waals surface area contributed by atoms with E-state index in [2.05, 4.69) is 10.3 Å². The summed E-state index contributed by atoms with van der Waals surface area (Å²) in [4.78, 5) is 43.7. The molecule has 0 unspecified atom stereocenters. The molecule has 1 aromatic rings. The summed E-state index contributed by atoms with van der Waals surface area (Å²) in [7, 11) is 0. The average Bonchev–Trinajstić information content (AvgIpc) is 2.74. The highest BCUT2D eigenvalue weighted by Gasteiger charge is 2.39. The highest BCUT2D eigenvalue weighted by molar-refractivity contribution is 5.85. The third-order valence-electron chi connectivity index (χ3n) is 6.22. The lowest BCUT2D eigenvalue weighted by Crippen LogP contribution is -2.55. The normalized spacial score (nSPS) is 21.2. The molecule has 30 heavy (non-hydrogen) atoms. The van der Waals surface area contributed by atoms with Crippen LogP contribution < -0.4 is 5.32 Å². The van der Waals surface area contributed by atoms with Crippen molar-refractivity contribution in [1.82, 2.24) is 15.2 Å². The molecule has 1 atom stereocenters. The number of ether oxygens (including phenoxy) is 1. The van der Waals surface area contributed by atoms with Crippen molar-refractivity contribution >= 4 is 17.8 Å². The maximum atomic E-state index is 13.1. The number of hydrogen-bond acceptors (Lipinski definition) is 5. The molecule has 3 rings (SSSR count). The highest BCUT2D eigenvalue weighted by atomic mass is 16.5. The van der Waals surface area contributed by atoms with Gasteiger partial charge in [0.15, 0.2) is 0 Å². The van der Waals surface area contributed by atoms with Crippen LogP contribution in [-0.2, 0) is 25.5 Å². The van der Waals surface area contributed by atoms with Crippen LogP contribution in [0.15, 0.2) is 24.4 Å². The maximum Gasteiger partial charge on any atom is 0.308 e. The van der Waals surface area contributed by atoms with Crippen molar-refractivity contribution < 1.29 is 19.1 Å². The third-order valence-corrected chi connectivity index (χ3v) is 6.22. The van der Waals surface area contributed by atoms with Gasteiger partial charge in [-0.05, 0) is 38.3 Å². The Hall–Kier alpha value is -2.44. The van der Waals surface area contributed by atoms with Crippen molar-refractivity contribution in [1.29, 1.82) is 0 Å². The molecule has 2 heterocycles. The number of carbonyl (C=O) groups excluding carboxylic acids is 3. The number of pyridine rings is 1. The molecule has 1 saturated heterocycles. The molecule has 1 aliphatic carbocycles. The molecular weight excluding hydrogens is 382 g/mol. The highest BCUT2D eigenvalue weighted by Crippen LogP contribution is 2.32. The number of hydrogen-bond donors (Lipinski definition) is 1. The fourth-order valence-electron chi connectivity index (χ4n) is 4.57. The van der Waals surface area contributed by atoms with Gasteiger partial charge in [0, 0.05) is 37.8 Å². The molecule has 1 saturated carbocycles. The van der Waals surface area contributed by atoms with Crippen LogP contribution in [0.25, 0.3) is 0 Å². The van der Waals surface area contributed by atoms with Gasteiger partial charge in [-0.25, -0.2) is 0 Å². The molecule has 2 amide bonds. The fourth-order valence-corrected chi connectivity index (χ4v) is 4.57. The second-order valence-corrected chi connectivity index (χ2v) is 8.46. The largest absolute Gasteiger partial charge is 0.466 e. The predicted molar refractivity (Wildman–Crippen MR) is 112 cm³/mol. The first-order valence-electron chi connectivity index (χ1n) is 11.2. The first-order valence-corrected chi connectivity index (χ1v) is 11.2. The molecule has 0 radical (unpaired) electrons. The lowest BCUT2D eigenvalue weighted by molar-refractivity contribution is -0.146. The molecule has 0 aromatic carbocycles. The van der Waals surface area contributed by atoms with Gasteiger partial charge in [0.25, 0.3) is 0 Å². The minimum Gasteiger partial charge on any atom is -0.466 e. The van der Waals surface area contributed by atoms with Crippen LogP contribution in [0.3, 0.4) is 0 Å². The monoisotopic (exact) mass is 415 g/mol. The standard InChI is InChI=1S/C23H33N3O4/c1-2-30-21(28)16-23(12-5-3-6-13-23)25-22(29)18-9-10-20(27)26(17-18)15-11-19-8-4-7-14-24-19/h4,7-8,14,18H,2-3,5-6,9-13,15-17H2,1H3,(H,25,29)/t18-/m1/s1. The summed E-state index contributed by atoms with van der Waals surface area (Å²) >= 11 is 0. The number of esters is 1. The van der Waals surface area contributed by atoms with E-state index in [1.807, 2.05) is 18.2 Å². The Balaban J connectivity index is 1.59. The molecule has 0 spiro atoms. The van der Waals surface area contributed by atoms with Gasteiger partial charge in [0.1, 0.15) is 0 Å². The average molecular weight is 416 g/mol. The van der Waals surface area contributed by atoms with E-state index >= 15 is 0 Å². The zero-order valence-electron chi connectivity index (χ0n) is 17.9. The number of nitrogens with zero attached hydrogens (tertiary/aromatic N) is 2. The van der Waals surface area contributed by atoms with Gasteiger partial charge in [0.05, 0.1) is 24.5 Å². The summed E-state index contributed by atoms with van der Waals surface area (Å²) in [5.41, 5.74) is 0.425. The van der Waals surface area contributed by atoms with Crippen molar-refractivity contribution in [2.75, 3.05) is 19.7 Å². The zero-order chi connectivity index (χ0) is 21.4. The number of carbonyl (C=O) groups is 3. The zero-order valence-corrected chi connectivity index (χ0v) is 17.9. The van der Waals surface area contributed by atoms with Crippen LogP contribution in [0.4, 0.5) is 0 Å².